The van der Waals surface area contributed by atoms with E-state index in [4.69, 9.17) is 9.47 Å². The maximum absolute atomic E-state index is 12.7. The normalized spacial score (nSPS) is 12.0. The summed E-state index contributed by atoms with van der Waals surface area (Å²) in [5.41, 5.74) is 2.00. The third kappa shape index (κ3) is 11.9. The Labute approximate surface area is 224 Å². The molecule has 2 rings (SSSR count). The first kappa shape index (κ1) is 30.3. The lowest BCUT2D eigenvalue weighted by Gasteiger charge is -2.19. The van der Waals surface area contributed by atoms with Gasteiger partial charge in [0, 0.05) is 12.8 Å². The summed E-state index contributed by atoms with van der Waals surface area (Å²) in [6, 6.07) is 16.9. The van der Waals surface area contributed by atoms with Crippen molar-refractivity contribution >= 4 is 17.8 Å². The van der Waals surface area contributed by atoms with Gasteiger partial charge in [-0.25, -0.2) is 0 Å². The zero-order chi connectivity index (χ0) is 27.6. The predicted octanol–water partition coefficient (Wildman–Crippen LogP) is 3.49. The number of nitrogens with one attached hydrogen (secondary N) is 2. The van der Waals surface area contributed by atoms with Crippen molar-refractivity contribution in [2.45, 2.75) is 44.8 Å². The van der Waals surface area contributed by atoms with Crippen molar-refractivity contribution in [2.75, 3.05) is 19.8 Å². The van der Waals surface area contributed by atoms with Gasteiger partial charge < -0.3 is 25.2 Å². The van der Waals surface area contributed by atoms with Crippen LogP contribution in [0.15, 0.2) is 79.9 Å². The highest BCUT2D eigenvalue weighted by atomic mass is 16.5. The SMILES string of the molecule is C=CCCC(=O)OCCNC(=O)C(CC=C)CC(=O)NC(CO)Cc1ccc(OCc2ccccc2)cc1. The van der Waals surface area contributed by atoms with Crippen molar-refractivity contribution in [3.63, 3.8) is 0 Å². The highest BCUT2D eigenvalue weighted by molar-refractivity contribution is 5.86. The van der Waals surface area contributed by atoms with Gasteiger partial charge in [-0.2, -0.15) is 0 Å². The van der Waals surface area contributed by atoms with Gasteiger partial charge in [0.15, 0.2) is 0 Å². The number of ether oxygens (including phenoxy) is 2. The average molecular weight is 523 g/mol. The zero-order valence-corrected chi connectivity index (χ0v) is 21.8. The first-order valence-electron chi connectivity index (χ1n) is 12.8. The molecule has 0 radical (unpaired) electrons. The third-order valence-corrected chi connectivity index (χ3v) is 5.71. The van der Waals surface area contributed by atoms with Gasteiger partial charge in [0.1, 0.15) is 19.0 Å². The molecule has 0 aliphatic rings. The Hall–Kier alpha value is -3.91. The molecule has 0 saturated carbocycles. The summed E-state index contributed by atoms with van der Waals surface area (Å²) in [6.07, 6.45) is 4.68. The van der Waals surface area contributed by atoms with Gasteiger partial charge in [-0.05, 0) is 42.5 Å². The minimum Gasteiger partial charge on any atom is -0.489 e. The van der Waals surface area contributed by atoms with Crippen LogP contribution in [0.3, 0.4) is 0 Å². The number of hydrogen-bond acceptors (Lipinski definition) is 6. The molecule has 0 spiro atoms. The number of benzene rings is 2. The maximum atomic E-state index is 12.7. The van der Waals surface area contributed by atoms with Crippen LogP contribution in [0, 0.1) is 5.92 Å². The summed E-state index contributed by atoms with van der Waals surface area (Å²) in [5.74, 6) is -0.916. The van der Waals surface area contributed by atoms with Crippen molar-refractivity contribution in [3.8, 4) is 5.75 Å². The van der Waals surface area contributed by atoms with Gasteiger partial charge in [-0.15, -0.1) is 13.2 Å². The summed E-state index contributed by atoms with van der Waals surface area (Å²) in [7, 11) is 0. The predicted molar refractivity (Wildman–Crippen MR) is 146 cm³/mol. The fourth-order valence-corrected chi connectivity index (χ4v) is 3.68. The van der Waals surface area contributed by atoms with Crippen molar-refractivity contribution in [3.05, 3.63) is 91.0 Å². The summed E-state index contributed by atoms with van der Waals surface area (Å²) >= 11 is 0. The molecule has 0 fully saturated rings. The van der Waals surface area contributed by atoms with E-state index in [1.54, 1.807) is 12.2 Å². The van der Waals surface area contributed by atoms with Crippen LogP contribution >= 0.6 is 0 Å². The quantitative estimate of drug-likeness (QED) is 0.157. The molecule has 8 heteroatoms. The molecule has 0 heterocycles. The molecule has 2 aromatic rings. The summed E-state index contributed by atoms with van der Waals surface area (Å²) in [6.45, 7) is 7.65. The van der Waals surface area contributed by atoms with Gasteiger partial charge in [0.2, 0.25) is 11.8 Å². The van der Waals surface area contributed by atoms with Gasteiger partial charge in [-0.3, -0.25) is 14.4 Å². The van der Waals surface area contributed by atoms with Crippen molar-refractivity contribution < 1.29 is 29.0 Å². The second-order valence-electron chi connectivity index (χ2n) is 8.83. The Bertz CT molecular complexity index is 1020. The van der Waals surface area contributed by atoms with Crippen LogP contribution in [-0.2, 0) is 32.1 Å². The van der Waals surface area contributed by atoms with Crippen LogP contribution in [0.4, 0.5) is 0 Å². The minimum atomic E-state index is -0.621. The van der Waals surface area contributed by atoms with Crippen LogP contribution in [0.2, 0.25) is 0 Å². The number of carbonyl (C=O) groups excluding carboxylic acids is 3. The molecule has 8 nitrogen and oxygen atoms in total. The lowest BCUT2D eigenvalue weighted by atomic mass is 9.99. The Morgan fingerprint density at radius 2 is 1.71 bits per heavy atom. The maximum Gasteiger partial charge on any atom is 0.306 e. The zero-order valence-electron chi connectivity index (χ0n) is 21.8. The minimum absolute atomic E-state index is 0.0530. The highest BCUT2D eigenvalue weighted by Crippen LogP contribution is 2.16. The molecule has 0 saturated heterocycles. The van der Waals surface area contributed by atoms with Crippen LogP contribution in [0.25, 0.3) is 0 Å². The first-order chi connectivity index (χ1) is 18.4. The Morgan fingerprint density at radius 1 is 0.974 bits per heavy atom. The molecular weight excluding hydrogens is 484 g/mol. The number of amides is 2. The van der Waals surface area contributed by atoms with E-state index in [2.05, 4.69) is 23.8 Å². The molecule has 2 atom stereocenters. The smallest absolute Gasteiger partial charge is 0.306 e. The molecule has 2 amide bonds. The highest BCUT2D eigenvalue weighted by Gasteiger charge is 2.22. The largest absolute Gasteiger partial charge is 0.489 e. The van der Waals surface area contributed by atoms with Crippen molar-refractivity contribution in [1.29, 1.82) is 0 Å². The molecule has 3 N–H and O–H groups in total. The average Bonchev–Trinajstić information content (AvgIpc) is 2.93. The Morgan fingerprint density at radius 3 is 2.37 bits per heavy atom. The van der Waals surface area contributed by atoms with E-state index in [-0.39, 0.29) is 50.4 Å². The van der Waals surface area contributed by atoms with E-state index in [0.29, 0.717) is 25.9 Å². The monoisotopic (exact) mass is 522 g/mol. The number of esters is 1. The van der Waals surface area contributed by atoms with E-state index < -0.39 is 12.0 Å². The van der Waals surface area contributed by atoms with Crippen LogP contribution < -0.4 is 15.4 Å². The topological polar surface area (TPSA) is 114 Å². The van der Waals surface area contributed by atoms with E-state index in [1.807, 2.05) is 54.6 Å². The fourth-order valence-electron chi connectivity index (χ4n) is 3.68. The molecular formula is C30H38N2O6. The van der Waals surface area contributed by atoms with E-state index in [1.165, 1.54) is 0 Å². The molecule has 2 aromatic carbocycles. The van der Waals surface area contributed by atoms with Gasteiger partial charge in [-0.1, -0.05) is 54.6 Å². The Balaban J connectivity index is 1.78. The molecule has 0 aliphatic carbocycles. The fraction of sp³-hybridized carbons (Fsp3) is 0.367. The van der Waals surface area contributed by atoms with Gasteiger partial charge >= 0.3 is 5.97 Å². The summed E-state index contributed by atoms with van der Waals surface area (Å²) in [5, 5.41) is 15.3. The second-order valence-corrected chi connectivity index (χ2v) is 8.83. The van der Waals surface area contributed by atoms with E-state index in [0.717, 1.165) is 16.9 Å². The Kier molecular flexibility index (Phi) is 14.0. The van der Waals surface area contributed by atoms with Gasteiger partial charge in [0.25, 0.3) is 0 Å². The molecule has 0 aliphatic heterocycles. The van der Waals surface area contributed by atoms with Crippen molar-refractivity contribution in [1.82, 2.24) is 10.6 Å². The first-order valence-corrected chi connectivity index (χ1v) is 12.8. The molecule has 0 bridgehead atoms. The number of hydrogen-bond donors (Lipinski definition) is 3. The van der Waals surface area contributed by atoms with Crippen molar-refractivity contribution in [2.24, 2.45) is 5.92 Å². The van der Waals surface area contributed by atoms with Crippen LogP contribution in [0.5, 0.6) is 5.75 Å². The molecule has 204 valence electrons. The second kappa shape index (κ2) is 17.5. The number of carbonyl (C=O) groups is 3. The van der Waals surface area contributed by atoms with Gasteiger partial charge in [0.05, 0.1) is 25.1 Å². The summed E-state index contributed by atoms with van der Waals surface area (Å²) in [4.78, 5) is 36.7. The van der Waals surface area contributed by atoms with E-state index in [9.17, 15) is 19.5 Å². The molecule has 2 unspecified atom stereocenters. The number of aliphatic hydroxyl groups is 1. The number of rotatable bonds is 18. The van der Waals surface area contributed by atoms with Crippen LogP contribution in [0.1, 0.15) is 36.8 Å². The van der Waals surface area contributed by atoms with Crippen LogP contribution in [-0.4, -0.2) is 48.7 Å². The summed E-state index contributed by atoms with van der Waals surface area (Å²) < 4.78 is 10.8. The molecule has 0 aromatic heterocycles. The number of allylic oxidation sites excluding steroid dienone is 2. The van der Waals surface area contributed by atoms with E-state index >= 15 is 0 Å². The number of aliphatic hydroxyl groups excluding tert-OH is 1. The third-order valence-electron chi connectivity index (χ3n) is 5.71. The standard InChI is InChI=1S/C30H38N2O6/c1-3-5-12-29(35)37-18-17-31-30(36)25(9-4-2)20-28(34)32-26(21-33)19-23-13-15-27(16-14-23)38-22-24-10-7-6-8-11-24/h3-4,6-8,10-11,13-16,25-26,33H,1-2,5,9,12,17-22H2,(H,31,36)(H,32,34). The molecule has 38 heavy (non-hydrogen) atoms. The lowest BCUT2D eigenvalue weighted by Crippen LogP contribution is -2.42. The lowest BCUT2D eigenvalue weighted by molar-refractivity contribution is -0.144.